The Balaban J connectivity index is 1.49. The summed E-state index contributed by atoms with van der Waals surface area (Å²) in [5.41, 5.74) is 1.21. The Bertz CT molecular complexity index is 924. The number of halogens is 1. The Kier molecular flexibility index (Phi) is 6.97. The highest BCUT2D eigenvalue weighted by Gasteiger charge is 2.21. The average molecular weight is 487 g/mol. The highest BCUT2D eigenvalue weighted by atomic mass is 79.9. The van der Waals surface area contributed by atoms with Crippen LogP contribution in [0.2, 0.25) is 0 Å². The first-order valence-corrected chi connectivity index (χ1v) is 12.4. The van der Waals surface area contributed by atoms with Crippen LogP contribution in [0, 0.1) is 0 Å². The fourth-order valence-electron chi connectivity index (χ4n) is 3.02. The smallest absolute Gasteiger partial charge is 0.317 e. The van der Waals surface area contributed by atoms with Gasteiger partial charge in [0.2, 0.25) is 10.0 Å². The summed E-state index contributed by atoms with van der Waals surface area (Å²) in [6.07, 6.45) is 1.11. The summed E-state index contributed by atoms with van der Waals surface area (Å²) in [6, 6.07) is 11.1. The van der Waals surface area contributed by atoms with E-state index in [4.69, 9.17) is 0 Å². The van der Waals surface area contributed by atoms with Crippen molar-refractivity contribution < 1.29 is 13.2 Å². The SMILES string of the molecule is CS(=O)(=O)Nc1ccccc1CNC(=O)N1CCN(Cc2ccc(Br)s2)CC1. The van der Waals surface area contributed by atoms with E-state index in [1.807, 2.05) is 6.07 Å². The average Bonchev–Trinajstić information content (AvgIpc) is 3.05. The van der Waals surface area contributed by atoms with E-state index in [1.165, 1.54) is 4.88 Å². The van der Waals surface area contributed by atoms with Gasteiger partial charge in [0.25, 0.3) is 0 Å². The van der Waals surface area contributed by atoms with Gasteiger partial charge in [0, 0.05) is 44.1 Å². The minimum Gasteiger partial charge on any atom is -0.334 e. The van der Waals surface area contributed by atoms with Crippen LogP contribution in [0.15, 0.2) is 40.2 Å². The molecule has 2 heterocycles. The van der Waals surface area contributed by atoms with Crippen LogP contribution in [0.3, 0.4) is 0 Å². The molecule has 0 bridgehead atoms. The van der Waals surface area contributed by atoms with Gasteiger partial charge in [-0.15, -0.1) is 11.3 Å². The van der Waals surface area contributed by atoms with Crippen molar-refractivity contribution in [1.82, 2.24) is 15.1 Å². The van der Waals surface area contributed by atoms with Gasteiger partial charge in [-0.3, -0.25) is 9.62 Å². The third kappa shape index (κ3) is 6.20. The van der Waals surface area contributed by atoms with Gasteiger partial charge in [-0.25, -0.2) is 13.2 Å². The topological polar surface area (TPSA) is 81.8 Å². The molecule has 10 heteroatoms. The minimum atomic E-state index is -3.37. The van der Waals surface area contributed by atoms with Crippen LogP contribution in [-0.4, -0.2) is 56.7 Å². The molecule has 1 fully saturated rings. The molecule has 1 aromatic carbocycles. The molecule has 1 aliphatic heterocycles. The van der Waals surface area contributed by atoms with Crippen molar-refractivity contribution in [2.45, 2.75) is 13.1 Å². The highest BCUT2D eigenvalue weighted by Crippen LogP contribution is 2.23. The number of anilines is 1. The lowest BCUT2D eigenvalue weighted by Gasteiger charge is -2.34. The predicted molar refractivity (Wildman–Crippen MR) is 116 cm³/mol. The Labute approximate surface area is 177 Å². The zero-order valence-electron chi connectivity index (χ0n) is 15.5. The van der Waals surface area contributed by atoms with E-state index in [-0.39, 0.29) is 12.6 Å². The van der Waals surface area contributed by atoms with Crippen LogP contribution in [0.4, 0.5) is 10.5 Å². The molecule has 152 valence electrons. The van der Waals surface area contributed by atoms with E-state index in [1.54, 1.807) is 34.4 Å². The minimum absolute atomic E-state index is 0.132. The molecular formula is C18H23BrN4O3S2. The number of amides is 2. The molecule has 28 heavy (non-hydrogen) atoms. The molecule has 0 spiro atoms. The van der Waals surface area contributed by atoms with Gasteiger partial charge < -0.3 is 10.2 Å². The number of nitrogens with zero attached hydrogens (tertiary/aromatic N) is 2. The first kappa shape index (κ1) is 21.1. The number of hydrogen-bond donors (Lipinski definition) is 2. The van der Waals surface area contributed by atoms with Gasteiger partial charge in [0.15, 0.2) is 0 Å². The summed E-state index contributed by atoms with van der Waals surface area (Å²) >= 11 is 5.22. The summed E-state index contributed by atoms with van der Waals surface area (Å²) in [4.78, 5) is 17.9. The maximum absolute atomic E-state index is 12.5. The number of carbonyl (C=O) groups is 1. The molecule has 0 radical (unpaired) electrons. The number of para-hydroxylation sites is 1. The summed E-state index contributed by atoms with van der Waals surface area (Å²) in [5, 5.41) is 2.89. The first-order valence-electron chi connectivity index (χ1n) is 8.85. The standard InChI is InChI=1S/C18H23BrN4O3S2/c1-28(25,26)21-16-5-3-2-4-14(16)12-20-18(24)23-10-8-22(9-11-23)13-15-6-7-17(19)27-15/h2-7,21H,8-13H2,1H3,(H,20,24). The van der Waals surface area contributed by atoms with Crippen molar-refractivity contribution >= 4 is 49.0 Å². The number of piperazine rings is 1. The molecule has 0 saturated carbocycles. The number of nitrogens with one attached hydrogen (secondary N) is 2. The van der Waals surface area contributed by atoms with Gasteiger partial charge in [-0.05, 0) is 39.7 Å². The lowest BCUT2D eigenvalue weighted by atomic mass is 10.2. The molecule has 2 aromatic rings. The maximum Gasteiger partial charge on any atom is 0.317 e. The Hall–Kier alpha value is -1.62. The zero-order valence-corrected chi connectivity index (χ0v) is 18.7. The van der Waals surface area contributed by atoms with Crippen LogP contribution >= 0.6 is 27.3 Å². The van der Waals surface area contributed by atoms with Crippen LogP contribution in [-0.2, 0) is 23.1 Å². The van der Waals surface area contributed by atoms with E-state index >= 15 is 0 Å². The first-order chi connectivity index (χ1) is 13.3. The van der Waals surface area contributed by atoms with E-state index in [2.05, 4.69) is 43.0 Å². The van der Waals surface area contributed by atoms with Gasteiger partial charge >= 0.3 is 6.03 Å². The van der Waals surface area contributed by atoms with E-state index in [0.717, 1.165) is 35.2 Å². The van der Waals surface area contributed by atoms with Gasteiger partial charge in [-0.1, -0.05) is 18.2 Å². The van der Waals surface area contributed by atoms with Crippen LogP contribution in [0.1, 0.15) is 10.4 Å². The number of thiophene rings is 1. The summed E-state index contributed by atoms with van der Waals surface area (Å²) < 4.78 is 26.6. The number of carbonyl (C=O) groups excluding carboxylic acids is 1. The number of rotatable bonds is 6. The second kappa shape index (κ2) is 9.25. The van der Waals surface area contributed by atoms with Crippen LogP contribution < -0.4 is 10.0 Å². The Morgan fingerprint density at radius 2 is 1.86 bits per heavy atom. The molecule has 1 saturated heterocycles. The number of urea groups is 1. The molecular weight excluding hydrogens is 464 g/mol. The Morgan fingerprint density at radius 1 is 1.14 bits per heavy atom. The second-order valence-corrected chi connectivity index (χ2v) is 11.0. The van der Waals surface area contributed by atoms with Gasteiger partial charge in [0.1, 0.15) is 0 Å². The third-order valence-corrected chi connectivity index (χ3v) is 6.61. The zero-order chi connectivity index (χ0) is 20.1. The number of benzene rings is 1. The largest absolute Gasteiger partial charge is 0.334 e. The van der Waals surface area contributed by atoms with E-state index < -0.39 is 10.0 Å². The van der Waals surface area contributed by atoms with Crippen molar-refractivity contribution in [2.24, 2.45) is 0 Å². The number of hydrogen-bond acceptors (Lipinski definition) is 5. The third-order valence-electron chi connectivity index (χ3n) is 4.41. The summed E-state index contributed by atoms with van der Waals surface area (Å²) in [7, 11) is -3.37. The normalized spacial score (nSPS) is 15.4. The summed E-state index contributed by atoms with van der Waals surface area (Å²) in [6.45, 7) is 4.16. The summed E-state index contributed by atoms with van der Waals surface area (Å²) in [5.74, 6) is 0. The van der Waals surface area contributed by atoms with Crippen molar-refractivity contribution in [2.75, 3.05) is 37.2 Å². The quantitative estimate of drug-likeness (QED) is 0.657. The molecule has 2 N–H and O–H groups in total. The van der Waals surface area contributed by atoms with Crippen molar-refractivity contribution in [1.29, 1.82) is 0 Å². The molecule has 2 amide bonds. The van der Waals surface area contributed by atoms with Crippen molar-refractivity contribution in [3.63, 3.8) is 0 Å². The highest BCUT2D eigenvalue weighted by molar-refractivity contribution is 9.11. The monoisotopic (exact) mass is 486 g/mol. The molecule has 0 unspecified atom stereocenters. The lowest BCUT2D eigenvalue weighted by Crippen LogP contribution is -2.51. The molecule has 3 rings (SSSR count). The number of sulfonamides is 1. The van der Waals surface area contributed by atoms with E-state index in [9.17, 15) is 13.2 Å². The molecule has 1 aromatic heterocycles. The molecule has 0 aliphatic carbocycles. The fraction of sp³-hybridized carbons (Fsp3) is 0.389. The Morgan fingerprint density at radius 3 is 2.50 bits per heavy atom. The lowest BCUT2D eigenvalue weighted by molar-refractivity contribution is 0.135. The van der Waals surface area contributed by atoms with Crippen LogP contribution in [0.5, 0.6) is 0 Å². The maximum atomic E-state index is 12.5. The van der Waals surface area contributed by atoms with Crippen molar-refractivity contribution in [3.05, 3.63) is 50.6 Å². The van der Waals surface area contributed by atoms with Gasteiger partial charge in [0.05, 0.1) is 15.7 Å². The molecule has 0 atom stereocenters. The second-order valence-electron chi connectivity index (χ2n) is 6.66. The fourth-order valence-corrected chi connectivity index (χ4v) is 5.15. The predicted octanol–water partition coefficient (Wildman–Crippen LogP) is 2.91. The van der Waals surface area contributed by atoms with Crippen molar-refractivity contribution in [3.8, 4) is 0 Å². The van der Waals surface area contributed by atoms with Crippen LogP contribution in [0.25, 0.3) is 0 Å². The molecule has 7 nitrogen and oxygen atoms in total. The molecule has 1 aliphatic rings. The van der Waals surface area contributed by atoms with E-state index in [0.29, 0.717) is 18.8 Å². The van der Waals surface area contributed by atoms with Gasteiger partial charge in [-0.2, -0.15) is 0 Å².